The molecule has 1 heterocycles. The van der Waals surface area contributed by atoms with Gasteiger partial charge in [0.05, 0.1) is 6.61 Å². The number of ether oxygens (including phenoxy) is 1. The van der Waals surface area contributed by atoms with Gasteiger partial charge in [0.1, 0.15) is 5.75 Å². The predicted octanol–water partition coefficient (Wildman–Crippen LogP) is 2.11. The van der Waals surface area contributed by atoms with E-state index in [0.29, 0.717) is 13.2 Å². The summed E-state index contributed by atoms with van der Waals surface area (Å²) in [6.07, 6.45) is 0. The van der Waals surface area contributed by atoms with E-state index in [1.54, 1.807) is 0 Å². The second-order valence-corrected chi connectivity index (χ2v) is 6.46. The molecule has 1 aliphatic heterocycles. The van der Waals surface area contributed by atoms with Gasteiger partial charge in [0, 0.05) is 37.8 Å². The van der Waals surface area contributed by atoms with Crippen LogP contribution in [0.5, 0.6) is 5.75 Å². The molecule has 21 heavy (non-hydrogen) atoms. The normalized spacial score (nSPS) is 21.2. The van der Waals surface area contributed by atoms with Crippen molar-refractivity contribution in [3.63, 3.8) is 0 Å². The molecule has 1 atom stereocenters. The molecule has 1 aliphatic rings. The minimum absolute atomic E-state index is 0.184. The molecule has 0 aliphatic carbocycles. The Hall–Kier alpha value is -1.10. The summed E-state index contributed by atoms with van der Waals surface area (Å²) in [4.78, 5) is 4.93. The largest absolute Gasteiger partial charge is 0.494 e. The van der Waals surface area contributed by atoms with Gasteiger partial charge in [-0.1, -0.05) is 12.1 Å². The van der Waals surface area contributed by atoms with E-state index in [4.69, 9.17) is 10.5 Å². The third-order valence-corrected chi connectivity index (χ3v) is 4.56. The Morgan fingerprint density at radius 1 is 1.33 bits per heavy atom. The molecule has 118 valence electrons. The Kier molecular flexibility index (Phi) is 5.25. The highest BCUT2D eigenvalue weighted by Crippen LogP contribution is 2.28. The van der Waals surface area contributed by atoms with Gasteiger partial charge >= 0.3 is 0 Å². The monoisotopic (exact) mass is 291 g/mol. The lowest BCUT2D eigenvalue weighted by Gasteiger charge is -2.48. The van der Waals surface area contributed by atoms with Crippen LogP contribution in [0.15, 0.2) is 24.3 Å². The van der Waals surface area contributed by atoms with Crippen LogP contribution in [-0.2, 0) is 0 Å². The summed E-state index contributed by atoms with van der Waals surface area (Å²) < 4.78 is 5.62. The van der Waals surface area contributed by atoms with Crippen LogP contribution < -0.4 is 10.5 Å². The summed E-state index contributed by atoms with van der Waals surface area (Å²) in [6.45, 7) is 11.1. The molecule has 1 aromatic carbocycles. The van der Waals surface area contributed by atoms with Crippen molar-refractivity contribution in [2.24, 2.45) is 5.73 Å². The maximum atomic E-state index is 6.09. The molecule has 1 aromatic rings. The fourth-order valence-corrected chi connectivity index (χ4v) is 3.02. The summed E-state index contributed by atoms with van der Waals surface area (Å²) in [5, 5.41) is 0. The Morgan fingerprint density at radius 3 is 2.71 bits per heavy atom. The van der Waals surface area contributed by atoms with Crippen LogP contribution >= 0.6 is 0 Å². The first-order valence-electron chi connectivity index (χ1n) is 7.86. The van der Waals surface area contributed by atoms with Gasteiger partial charge in [-0.15, -0.1) is 0 Å². The molecular formula is C17H29N3O. The van der Waals surface area contributed by atoms with Gasteiger partial charge in [0.15, 0.2) is 0 Å². The number of piperazine rings is 1. The average Bonchev–Trinajstić information content (AvgIpc) is 2.44. The molecule has 1 saturated heterocycles. The van der Waals surface area contributed by atoms with Crippen LogP contribution in [-0.4, -0.2) is 55.2 Å². The van der Waals surface area contributed by atoms with Crippen LogP contribution in [0, 0.1) is 0 Å². The van der Waals surface area contributed by atoms with Crippen molar-refractivity contribution < 1.29 is 4.74 Å². The Morgan fingerprint density at radius 2 is 2.10 bits per heavy atom. The third-order valence-electron chi connectivity index (χ3n) is 4.56. The van der Waals surface area contributed by atoms with Crippen LogP contribution in [0.2, 0.25) is 0 Å². The zero-order valence-electron chi connectivity index (χ0n) is 13.8. The van der Waals surface area contributed by atoms with Crippen LogP contribution in [0.1, 0.15) is 32.4 Å². The van der Waals surface area contributed by atoms with Crippen molar-refractivity contribution in [3.05, 3.63) is 29.8 Å². The lowest BCUT2D eigenvalue weighted by Crippen LogP contribution is -2.58. The van der Waals surface area contributed by atoms with E-state index in [9.17, 15) is 0 Å². The Bertz CT molecular complexity index is 461. The lowest BCUT2D eigenvalue weighted by atomic mass is 9.96. The number of hydrogen-bond donors (Lipinski definition) is 1. The molecule has 2 N–H and O–H groups in total. The van der Waals surface area contributed by atoms with Crippen LogP contribution in [0.3, 0.4) is 0 Å². The predicted molar refractivity (Wildman–Crippen MR) is 87.7 cm³/mol. The molecule has 0 aromatic heterocycles. The number of nitrogens with zero attached hydrogens (tertiary/aromatic N) is 2. The van der Waals surface area contributed by atoms with Crippen molar-refractivity contribution in [1.82, 2.24) is 9.80 Å². The second kappa shape index (κ2) is 6.77. The van der Waals surface area contributed by atoms with Crippen molar-refractivity contribution in [3.8, 4) is 5.75 Å². The standard InChI is InChI=1S/C17H29N3O/c1-5-21-15-8-6-7-14(11-15)16(12-18)20-10-9-19(4)17(2,3)13-20/h6-8,11,16H,5,9-10,12-13,18H2,1-4H3. The molecule has 1 unspecified atom stereocenters. The number of rotatable bonds is 5. The molecule has 0 saturated carbocycles. The van der Waals surface area contributed by atoms with E-state index in [1.165, 1.54) is 5.56 Å². The fourth-order valence-electron chi connectivity index (χ4n) is 3.02. The summed E-state index contributed by atoms with van der Waals surface area (Å²) >= 11 is 0. The van der Waals surface area contributed by atoms with Gasteiger partial charge in [0.2, 0.25) is 0 Å². The van der Waals surface area contributed by atoms with Gasteiger partial charge in [-0.3, -0.25) is 9.80 Å². The Balaban J connectivity index is 2.17. The third kappa shape index (κ3) is 3.76. The topological polar surface area (TPSA) is 41.7 Å². The zero-order chi connectivity index (χ0) is 15.5. The van der Waals surface area contributed by atoms with E-state index in [0.717, 1.165) is 25.4 Å². The van der Waals surface area contributed by atoms with Crippen molar-refractivity contribution in [2.45, 2.75) is 32.4 Å². The number of hydrogen-bond acceptors (Lipinski definition) is 4. The second-order valence-electron chi connectivity index (χ2n) is 6.46. The molecule has 0 amide bonds. The first kappa shape index (κ1) is 16.3. The van der Waals surface area contributed by atoms with Gasteiger partial charge in [0.25, 0.3) is 0 Å². The number of likely N-dealkylation sites (N-methyl/N-ethyl adjacent to an activating group) is 1. The summed E-state index contributed by atoms with van der Waals surface area (Å²) in [5.74, 6) is 0.932. The maximum Gasteiger partial charge on any atom is 0.119 e. The van der Waals surface area contributed by atoms with E-state index < -0.39 is 0 Å². The molecule has 0 radical (unpaired) electrons. The summed E-state index contributed by atoms with van der Waals surface area (Å²) in [6, 6.07) is 8.62. The summed E-state index contributed by atoms with van der Waals surface area (Å²) in [5.41, 5.74) is 7.52. The van der Waals surface area contributed by atoms with Gasteiger partial charge in [-0.05, 0) is 45.5 Å². The van der Waals surface area contributed by atoms with Crippen LogP contribution in [0.25, 0.3) is 0 Å². The lowest BCUT2D eigenvalue weighted by molar-refractivity contribution is 0.0180. The minimum Gasteiger partial charge on any atom is -0.494 e. The van der Waals surface area contributed by atoms with Crippen molar-refractivity contribution in [2.75, 3.05) is 39.8 Å². The molecule has 0 bridgehead atoms. The first-order valence-corrected chi connectivity index (χ1v) is 7.86. The van der Waals surface area contributed by atoms with Gasteiger partial charge in [-0.2, -0.15) is 0 Å². The van der Waals surface area contributed by atoms with E-state index in [-0.39, 0.29) is 11.6 Å². The zero-order valence-corrected chi connectivity index (χ0v) is 13.8. The maximum absolute atomic E-state index is 6.09. The molecule has 2 rings (SSSR count). The van der Waals surface area contributed by atoms with Gasteiger partial charge in [-0.25, -0.2) is 0 Å². The summed E-state index contributed by atoms with van der Waals surface area (Å²) in [7, 11) is 2.20. The first-order chi connectivity index (χ1) is 9.97. The average molecular weight is 291 g/mol. The minimum atomic E-state index is 0.184. The fraction of sp³-hybridized carbons (Fsp3) is 0.647. The van der Waals surface area contributed by atoms with Crippen LogP contribution in [0.4, 0.5) is 0 Å². The van der Waals surface area contributed by atoms with Gasteiger partial charge < -0.3 is 10.5 Å². The SMILES string of the molecule is CCOc1cccc(C(CN)N2CCN(C)C(C)(C)C2)c1. The number of nitrogens with two attached hydrogens (primary N) is 1. The highest BCUT2D eigenvalue weighted by molar-refractivity contribution is 5.31. The highest BCUT2D eigenvalue weighted by Gasteiger charge is 2.34. The molecular weight excluding hydrogens is 262 g/mol. The van der Waals surface area contributed by atoms with Crippen molar-refractivity contribution >= 4 is 0 Å². The quantitative estimate of drug-likeness (QED) is 0.902. The Labute approximate surface area is 128 Å². The number of benzene rings is 1. The highest BCUT2D eigenvalue weighted by atomic mass is 16.5. The van der Waals surface area contributed by atoms with E-state index in [1.807, 2.05) is 13.0 Å². The van der Waals surface area contributed by atoms with E-state index in [2.05, 4.69) is 48.9 Å². The molecule has 0 spiro atoms. The molecule has 4 nitrogen and oxygen atoms in total. The van der Waals surface area contributed by atoms with Crippen molar-refractivity contribution in [1.29, 1.82) is 0 Å². The smallest absolute Gasteiger partial charge is 0.119 e. The van der Waals surface area contributed by atoms with E-state index >= 15 is 0 Å². The molecule has 4 heteroatoms. The molecule has 1 fully saturated rings.